The van der Waals surface area contributed by atoms with Crippen LogP contribution < -0.4 is 5.73 Å². The van der Waals surface area contributed by atoms with Crippen LogP contribution in [-0.4, -0.2) is 23.4 Å². The Bertz CT molecular complexity index is 669. The molecule has 1 aromatic heterocycles. The molecule has 104 valence electrons. The second-order valence-electron chi connectivity index (χ2n) is 4.84. The van der Waals surface area contributed by atoms with E-state index in [0.717, 1.165) is 10.1 Å². The van der Waals surface area contributed by atoms with Gasteiger partial charge in [0.05, 0.1) is 18.2 Å². The molecule has 5 heteroatoms. The fourth-order valence-corrected chi connectivity index (χ4v) is 3.20. The smallest absolute Gasteiger partial charge is 0.266 e. The van der Waals surface area contributed by atoms with E-state index < -0.39 is 0 Å². The number of carbonyl (C=O) groups excluding carboxylic acids is 1. The number of nitrogens with two attached hydrogens (primary N) is 1. The molecule has 0 atom stereocenters. The van der Waals surface area contributed by atoms with Crippen molar-refractivity contribution in [3.05, 3.63) is 29.1 Å². The molecule has 4 nitrogen and oxygen atoms in total. The lowest BCUT2D eigenvalue weighted by Crippen LogP contribution is -2.37. The van der Waals surface area contributed by atoms with E-state index >= 15 is 0 Å². The Morgan fingerprint density at radius 3 is 2.75 bits per heavy atom. The van der Waals surface area contributed by atoms with Crippen molar-refractivity contribution in [3.63, 3.8) is 0 Å². The summed E-state index contributed by atoms with van der Waals surface area (Å²) in [6.45, 7) is 4.32. The third-order valence-electron chi connectivity index (χ3n) is 3.18. The minimum Gasteiger partial charge on any atom is -0.397 e. The number of benzene rings is 1. The van der Waals surface area contributed by atoms with Gasteiger partial charge in [0.15, 0.2) is 0 Å². The molecule has 2 rings (SSSR count). The molecule has 0 spiro atoms. The van der Waals surface area contributed by atoms with Gasteiger partial charge in [-0.2, -0.15) is 5.26 Å². The molecule has 2 aromatic rings. The molecule has 2 N–H and O–H groups in total. The largest absolute Gasteiger partial charge is 0.397 e. The molecular weight excluding hydrogens is 270 g/mol. The highest BCUT2D eigenvalue weighted by Gasteiger charge is 2.23. The minimum absolute atomic E-state index is 0.0421. The molecule has 0 fully saturated rings. The second-order valence-corrected chi connectivity index (χ2v) is 5.89. The van der Waals surface area contributed by atoms with Gasteiger partial charge in [-0.3, -0.25) is 4.79 Å². The minimum atomic E-state index is -0.0889. The number of nitrogens with zero attached hydrogens (tertiary/aromatic N) is 2. The molecule has 0 saturated carbocycles. The molecule has 0 saturated heterocycles. The fraction of sp³-hybridized carbons (Fsp3) is 0.333. The van der Waals surface area contributed by atoms with E-state index in [0.29, 0.717) is 23.5 Å². The number of rotatable bonds is 4. The second kappa shape index (κ2) is 5.93. The highest BCUT2D eigenvalue weighted by molar-refractivity contribution is 7.21. The standard InChI is InChI=1S/C15H17N3OS/c1-10(2)18(9-5-8-16)15(19)14-13(17)11-6-3-4-7-12(11)20-14/h3-4,6-7,10H,5,9,17H2,1-2H3. The van der Waals surface area contributed by atoms with Crippen molar-refractivity contribution in [1.82, 2.24) is 4.90 Å². The van der Waals surface area contributed by atoms with Crippen LogP contribution in [0, 0.1) is 11.3 Å². The molecule has 0 aliphatic rings. The molecule has 0 bridgehead atoms. The van der Waals surface area contributed by atoms with Gasteiger partial charge in [0.25, 0.3) is 5.91 Å². The van der Waals surface area contributed by atoms with Gasteiger partial charge in [-0.25, -0.2) is 0 Å². The molecule has 1 heterocycles. The van der Waals surface area contributed by atoms with Crippen molar-refractivity contribution in [1.29, 1.82) is 5.26 Å². The molecule has 1 aromatic carbocycles. The van der Waals surface area contributed by atoms with E-state index in [1.54, 1.807) is 4.90 Å². The Kier molecular flexibility index (Phi) is 4.26. The number of anilines is 1. The van der Waals surface area contributed by atoms with E-state index in [1.165, 1.54) is 11.3 Å². The van der Waals surface area contributed by atoms with Gasteiger partial charge >= 0.3 is 0 Å². The van der Waals surface area contributed by atoms with E-state index in [9.17, 15) is 4.79 Å². The van der Waals surface area contributed by atoms with Gasteiger partial charge in [0, 0.05) is 22.7 Å². The SMILES string of the molecule is CC(C)N(CCC#N)C(=O)c1sc2ccccc2c1N. The molecule has 1 amide bonds. The number of hydrogen-bond donors (Lipinski definition) is 1. The van der Waals surface area contributed by atoms with E-state index in [1.807, 2.05) is 38.1 Å². The van der Waals surface area contributed by atoms with E-state index in [2.05, 4.69) is 6.07 Å². The zero-order valence-electron chi connectivity index (χ0n) is 11.6. The van der Waals surface area contributed by atoms with Crippen LogP contribution in [0.2, 0.25) is 0 Å². The van der Waals surface area contributed by atoms with Crippen LogP contribution in [0.15, 0.2) is 24.3 Å². The molecule has 20 heavy (non-hydrogen) atoms. The van der Waals surface area contributed by atoms with Crippen molar-refractivity contribution in [3.8, 4) is 6.07 Å². The van der Waals surface area contributed by atoms with Gasteiger partial charge < -0.3 is 10.6 Å². The van der Waals surface area contributed by atoms with Crippen molar-refractivity contribution in [2.75, 3.05) is 12.3 Å². The Balaban J connectivity index is 2.39. The number of hydrogen-bond acceptors (Lipinski definition) is 4. The molecule has 0 unspecified atom stereocenters. The normalized spacial score (nSPS) is 10.7. The van der Waals surface area contributed by atoms with E-state index in [-0.39, 0.29) is 11.9 Å². The Morgan fingerprint density at radius 2 is 2.15 bits per heavy atom. The van der Waals surface area contributed by atoms with Crippen LogP contribution >= 0.6 is 11.3 Å². The van der Waals surface area contributed by atoms with Crippen molar-refractivity contribution in [2.45, 2.75) is 26.3 Å². The lowest BCUT2D eigenvalue weighted by molar-refractivity contribution is 0.0716. The molecule has 0 radical (unpaired) electrons. The quantitative estimate of drug-likeness (QED) is 0.938. The van der Waals surface area contributed by atoms with Gasteiger partial charge in [-0.15, -0.1) is 11.3 Å². The van der Waals surface area contributed by atoms with Gasteiger partial charge in [0.2, 0.25) is 0 Å². The highest BCUT2D eigenvalue weighted by atomic mass is 32.1. The highest BCUT2D eigenvalue weighted by Crippen LogP contribution is 2.34. The number of amides is 1. The molecular formula is C15H17N3OS. The summed E-state index contributed by atoms with van der Waals surface area (Å²) in [7, 11) is 0. The first-order chi connectivity index (χ1) is 9.56. The summed E-state index contributed by atoms with van der Waals surface area (Å²) < 4.78 is 1.01. The van der Waals surface area contributed by atoms with Crippen LogP contribution in [0.25, 0.3) is 10.1 Å². The maximum atomic E-state index is 12.6. The van der Waals surface area contributed by atoms with E-state index in [4.69, 9.17) is 11.0 Å². The van der Waals surface area contributed by atoms with Crippen LogP contribution in [0.3, 0.4) is 0 Å². The third kappa shape index (κ3) is 2.61. The van der Waals surface area contributed by atoms with Crippen molar-refractivity contribution < 1.29 is 4.79 Å². The lowest BCUT2D eigenvalue weighted by atomic mass is 10.2. The summed E-state index contributed by atoms with van der Waals surface area (Å²) in [6, 6.07) is 9.85. The summed E-state index contributed by atoms with van der Waals surface area (Å²) in [5.41, 5.74) is 6.64. The first-order valence-electron chi connectivity index (χ1n) is 6.51. The average molecular weight is 287 g/mol. The van der Waals surface area contributed by atoms with Crippen LogP contribution in [0.5, 0.6) is 0 Å². The first-order valence-corrected chi connectivity index (χ1v) is 7.32. The third-order valence-corrected chi connectivity index (χ3v) is 4.35. The van der Waals surface area contributed by atoms with Crippen LogP contribution in [-0.2, 0) is 0 Å². The van der Waals surface area contributed by atoms with Gasteiger partial charge in [0.1, 0.15) is 4.88 Å². The maximum Gasteiger partial charge on any atom is 0.266 e. The summed E-state index contributed by atoms with van der Waals surface area (Å²) in [6.07, 6.45) is 0.328. The fourth-order valence-electron chi connectivity index (χ4n) is 2.12. The number of nitriles is 1. The van der Waals surface area contributed by atoms with Gasteiger partial charge in [-0.1, -0.05) is 18.2 Å². The number of thiophene rings is 1. The summed E-state index contributed by atoms with van der Waals surface area (Å²) in [5.74, 6) is -0.0889. The number of nitrogen functional groups attached to an aromatic ring is 1. The number of carbonyl (C=O) groups is 1. The Hall–Kier alpha value is -2.06. The average Bonchev–Trinajstić information content (AvgIpc) is 2.76. The van der Waals surface area contributed by atoms with Crippen LogP contribution in [0.1, 0.15) is 29.9 Å². The predicted molar refractivity (Wildman–Crippen MR) is 82.6 cm³/mol. The Morgan fingerprint density at radius 1 is 1.45 bits per heavy atom. The van der Waals surface area contributed by atoms with Crippen molar-refractivity contribution in [2.24, 2.45) is 0 Å². The van der Waals surface area contributed by atoms with Crippen molar-refractivity contribution >= 4 is 33.0 Å². The molecule has 0 aliphatic heterocycles. The Labute approximate surface area is 122 Å². The maximum absolute atomic E-state index is 12.6. The zero-order chi connectivity index (χ0) is 14.7. The summed E-state index contributed by atoms with van der Waals surface area (Å²) in [4.78, 5) is 14.9. The van der Waals surface area contributed by atoms with Gasteiger partial charge in [-0.05, 0) is 19.9 Å². The monoisotopic (exact) mass is 287 g/mol. The predicted octanol–water partition coefficient (Wildman–Crippen LogP) is 3.25. The molecule has 0 aliphatic carbocycles. The first kappa shape index (κ1) is 14.4. The number of fused-ring (bicyclic) bond motifs is 1. The summed E-state index contributed by atoms with van der Waals surface area (Å²) >= 11 is 1.41. The van der Waals surface area contributed by atoms with Crippen LogP contribution in [0.4, 0.5) is 5.69 Å². The lowest BCUT2D eigenvalue weighted by Gasteiger charge is -2.25. The zero-order valence-corrected chi connectivity index (χ0v) is 12.4. The topological polar surface area (TPSA) is 70.1 Å². The summed E-state index contributed by atoms with van der Waals surface area (Å²) in [5, 5.41) is 9.63.